The largest absolute Gasteiger partial charge is 0.312 e. The third-order valence-corrected chi connectivity index (χ3v) is 6.29. The Kier molecular flexibility index (Phi) is 4.01. The topological polar surface area (TPSA) is 61.8 Å². The standard InChI is InChI=1S/C21H19N3O2S/c25-19-11-15(20(26)23-21-22-7-8-27-21)12-24(19)16-5-6-18-14(10-16)9-13-3-1-2-4-17(13)18/h1-6,10,15H,7-9,11-12H2,(H,22,23,26)/t15-/m0/s1. The molecule has 1 atom stereocenters. The third kappa shape index (κ3) is 2.94. The summed E-state index contributed by atoms with van der Waals surface area (Å²) < 4.78 is 0. The molecule has 1 N–H and O–H groups in total. The van der Waals surface area contributed by atoms with Crippen molar-refractivity contribution in [3.8, 4) is 11.1 Å². The number of carbonyl (C=O) groups excluding carboxylic acids is 2. The number of rotatable bonds is 2. The van der Waals surface area contributed by atoms with Gasteiger partial charge in [-0.1, -0.05) is 42.1 Å². The molecule has 27 heavy (non-hydrogen) atoms. The summed E-state index contributed by atoms with van der Waals surface area (Å²) in [5.74, 6) is 0.481. The molecule has 2 aromatic carbocycles. The monoisotopic (exact) mass is 377 g/mol. The molecule has 0 saturated carbocycles. The Hall–Kier alpha value is -2.60. The normalized spacial score (nSPS) is 20.4. The number of nitrogens with one attached hydrogen (secondary N) is 1. The molecular weight excluding hydrogens is 358 g/mol. The Bertz CT molecular complexity index is 985. The molecule has 1 fully saturated rings. The van der Waals surface area contributed by atoms with E-state index < -0.39 is 0 Å². The van der Waals surface area contributed by atoms with Gasteiger partial charge in [0.2, 0.25) is 11.8 Å². The van der Waals surface area contributed by atoms with Crippen molar-refractivity contribution in [1.29, 1.82) is 0 Å². The van der Waals surface area contributed by atoms with Gasteiger partial charge in [-0.15, -0.1) is 0 Å². The highest BCUT2D eigenvalue weighted by atomic mass is 32.2. The van der Waals surface area contributed by atoms with Gasteiger partial charge in [0.05, 0.1) is 12.5 Å². The summed E-state index contributed by atoms with van der Waals surface area (Å²) in [5.41, 5.74) is 5.97. The fourth-order valence-electron chi connectivity index (χ4n) is 4.05. The molecule has 1 saturated heterocycles. The Labute approximate surface area is 161 Å². The molecule has 2 aliphatic heterocycles. The number of aliphatic imine (C=N–C) groups is 1. The first-order valence-electron chi connectivity index (χ1n) is 9.19. The maximum absolute atomic E-state index is 12.6. The SMILES string of the molecule is O=C(NC1=NCCS1)[C@H]1CC(=O)N(c2ccc3c(c2)Cc2ccccc2-3)C1. The Morgan fingerprint density at radius 2 is 2.00 bits per heavy atom. The van der Waals surface area contributed by atoms with E-state index in [1.807, 2.05) is 6.07 Å². The molecular formula is C21H19N3O2S. The van der Waals surface area contributed by atoms with Gasteiger partial charge in [0.15, 0.2) is 5.17 Å². The minimum atomic E-state index is -0.327. The zero-order valence-corrected chi connectivity index (χ0v) is 15.6. The molecule has 6 heteroatoms. The lowest BCUT2D eigenvalue weighted by Crippen LogP contribution is -2.35. The quantitative estimate of drug-likeness (QED) is 0.747. The first kappa shape index (κ1) is 16.6. The first-order chi connectivity index (χ1) is 13.2. The molecule has 1 aliphatic carbocycles. The highest BCUT2D eigenvalue weighted by Crippen LogP contribution is 2.39. The second-order valence-electron chi connectivity index (χ2n) is 7.11. The molecule has 2 heterocycles. The minimum absolute atomic E-state index is 0.00613. The summed E-state index contributed by atoms with van der Waals surface area (Å²) in [5, 5.41) is 3.54. The van der Waals surface area contributed by atoms with E-state index in [2.05, 4.69) is 46.7 Å². The summed E-state index contributed by atoms with van der Waals surface area (Å²) in [7, 11) is 0. The number of nitrogens with zero attached hydrogens (tertiary/aromatic N) is 2. The molecule has 0 aromatic heterocycles. The lowest BCUT2D eigenvalue weighted by Gasteiger charge is -2.18. The number of anilines is 1. The van der Waals surface area contributed by atoms with Crippen molar-refractivity contribution >= 4 is 34.4 Å². The van der Waals surface area contributed by atoms with Crippen LogP contribution in [-0.2, 0) is 16.0 Å². The van der Waals surface area contributed by atoms with Crippen molar-refractivity contribution in [1.82, 2.24) is 5.32 Å². The predicted molar refractivity (Wildman–Crippen MR) is 108 cm³/mol. The zero-order valence-electron chi connectivity index (χ0n) is 14.8. The van der Waals surface area contributed by atoms with E-state index in [1.54, 1.807) is 16.7 Å². The van der Waals surface area contributed by atoms with Crippen LogP contribution >= 0.6 is 11.8 Å². The first-order valence-corrected chi connectivity index (χ1v) is 10.2. The van der Waals surface area contributed by atoms with Crippen molar-refractivity contribution in [3.63, 3.8) is 0 Å². The van der Waals surface area contributed by atoms with Crippen LogP contribution in [0.1, 0.15) is 17.5 Å². The number of carbonyl (C=O) groups is 2. The van der Waals surface area contributed by atoms with Crippen LogP contribution in [0.2, 0.25) is 0 Å². The molecule has 0 radical (unpaired) electrons. The predicted octanol–water partition coefficient (Wildman–Crippen LogP) is 2.83. The number of fused-ring (bicyclic) bond motifs is 3. The molecule has 0 unspecified atom stereocenters. The van der Waals surface area contributed by atoms with Gasteiger partial charge in [-0.2, -0.15) is 0 Å². The van der Waals surface area contributed by atoms with Crippen LogP contribution in [0.25, 0.3) is 11.1 Å². The lowest BCUT2D eigenvalue weighted by atomic mass is 10.1. The van der Waals surface area contributed by atoms with E-state index in [1.165, 1.54) is 22.3 Å². The molecule has 136 valence electrons. The van der Waals surface area contributed by atoms with Crippen LogP contribution < -0.4 is 10.2 Å². The van der Waals surface area contributed by atoms with Crippen LogP contribution in [0, 0.1) is 5.92 Å². The fourth-order valence-corrected chi connectivity index (χ4v) is 4.78. The van der Waals surface area contributed by atoms with Crippen molar-refractivity contribution in [2.45, 2.75) is 12.8 Å². The number of amidine groups is 1. The van der Waals surface area contributed by atoms with Gasteiger partial charge in [0.25, 0.3) is 0 Å². The van der Waals surface area contributed by atoms with Crippen molar-refractivity contribution < 1.29 is 9.59 Å². The molecule has 2 aromatic rings. The van der Waals surface area contributed by atoms with Gasteiger partial charge >= 0.3 is 0 Å². The molecule has 5 nitrogen and oxygen atoms in total. The van der Waals surface area contributed by atoms with Crippen molar-refractivity contribution in [3.05, 3.63) is 53.6 Å². The van der Waals surface area contributed by atoms with Crippen LogP contribution in [0.4, 0.5) is 5.69 Å². The van der Waals surface area contributed by atoms with E-state index in [9.17, 15) is 9.59 Å². The number of benzene rings is 2. The smallest absolute Gasteiger partial charge is 0.231 e. The van der Waals surface area contributed by atoms with E-state index >= 15 is 0 Å². The van der Waals surface area contributed by atoms with Crippen molar-refractivity contribution in [2.75, 3.05) is 23.7 Å². The molecule has 0 spiro atoms. The number of hydrogen-bond acceptors (Lipinski definition) is 4. The summed E-state index contributed by atoms with van der Waals surface area (Å²) in [6.07, 6.45) is 1.14. The second kappa shape index (κ2) is 6.53. The Balaban J connectivity index is 1.34. The third-order valence-electron chi connectivity index (χ3n) is 5.40. The van der Waals surface area contributed by atoms with E-state index in [-0.39, 0.29) is 24.2 Å². The molecule has 3 aliphatic rings. The Morgan fingerprint density at radius 3 is 2.85 bits per heavy atom. The number of amides is 2. The molecule has 2 amide bonds. The van der Waals surface area contributed by atoms with Crippen LogP contribution in [0.15, 0.2) is 47.5 Å². The summed E-state index contributed by atoms with van der Waals surface area (Å²) >= 11 is 1.55. The summed E-state index contributed by atoms with van der Waals surface area (Å²) in [6.45, 7) is 1.17. The average Bonchev–Trinajstić information content (AvgIpc) is 3.39. The minimum Gasteiger partial charge on any atom is -0.312 e. The van der Waals surface area contributed by atoms with Gasteiger partial charge < -0.3 is 10.2 Å². The van der Waals surface area contributed by atoms with Gasteiger partial charge in [0, 0.05) is 24.4 Å². The van der Waals surface area contributed by atoms with E-state index in [4.69, 9.17) is 0 Å². The van der Waals surface area contributed by atoms with E-state index in [0.29, 0.717) is 11.7 Å². The molecule has 5 rings (SSSR count). The van der Waals surface area contributed by atoms with Gasteiger partial charge in [-0.05, 0) is 40.8 Å². The van der Waals surface area contributed by atoms with Crippen LogP contribution in [-0.4, -0.2) is 35.8 Å². The number of hydrogen-bond donors (Lipinski definition) is 1. The van der Waals surface area contributed by atoms with Crippen LogP contribution in [0.3, 0.4) is 0 Å². The molecule has 0 bridgehead atoms. The maximum Gasteiger partial charge on any atom is 0.231 e. The second-order valence-corrected chi connectivity index (χ2v) is 8.19. The maximum atomic E-state index is 12.6. The summed E-state index contributed by atoms with van der Waals surface area (Å²) in [6, 6.07) is 14.6. The fraction of sp³-hybridized carbons (Fsp3) is 0.286. The van der Waals surface area contributed by atoms with Crippen molar-refractivity contribution in [2.24, 2.45) is 10.9 Å². The highest BCUT2D eigenvalue weighted by molar-refractivity contribution is 8.14. The van der Waals surface area contributed by atoms with Gasteiger partial charge in [-0.3, -0.25) is 14.6 Å². The van der Waals surface area contributed by atoms with Gasteiger partial charge in [-0.25, -0.2) is 0 Å². The highest BCUT2D eigenvalue weighted by Gasteiger charge is 2.36. The zero-order chi connectivity index (χ0) is 18.4. The lowest BCUT2D eigenvalue weighted by molar-refractivity contribution is -0.125. The summed E-state index contributed by atoms with van der Waals surface area (Å²) in [4.78, 5) is 31.0. The number of thioether (sulfide) groups is 1. The van der Waals surface area contributed by atoms with Crippen LogP contribution in [0.5, 0.6) is 0 Å². The van der Waals surface area contributed by atoms with Gasteiger partial charge in [0.1, 0.15) is 0 Å². The Morgan fingerprint density at radius 1 is 1.15 bits per heavy atom. The average molecular weight is 377 g/mol. The van der Waals surface area contributed by atoms with E-state index in [0.717, 1.165) is 24.4 Å².